The second-order valence-corrected chi connectivity index (χ2v) is 6.62. The molecule has 160 valence electrons. The number of hydroxylamine groups is 3. The molecular formula is C19H24N6O5. The first-order valence-electron chi connectivity index (χ1n) is 9.26. The third-order valence-electron chi connectivity index (χ3n) is 4.60. The molecule has 0 radical (unpaired) electrons. The van der Waals surface area contributed by atoms with E-state index in [2.05, 4.69) is 20.4 Å². The number of aryl methyl sites for hydroxylation is 1. The van der Waals surface area contributed by atoms with Crippen LogP contribution in [-0.4, -0.2) is 63.4 Å². The van der Waals surface area contributed by atoms with Gasteiger partial charge in [0.15, 0.2) is 6.61 Å². The van der Waals surface area contributed by atoms with Gasteiger partial charge in [-0.2, -0.15) is 10.2 Å². The molecule has 1 unspecified atom stereocenters. The molecule has 1 aromatic heterocycles. The Morgan fingerprint density at radius 2 is 2.17 bits per heavy atom. The van der Waals surface area contributed by atoms with Crippen molar-refractivity contribution in [3.05, 3.63) is 53.3 Å². The fraction of sp³-hybridized carbons (Fsp3) is 0.368. The molecular weight excluding hydrogens is 392 g/mol. The van der Waals surface area contributed by atoms with Gasteiger partial charge in [-0.25, -0.2) is 9.59 Å². The van der Waals surface area contributed by atoms with Crippen LogP contribution in [-0.2, 0) is 34.7 Å². The van der Waals surface area contributed by atoms with E-state index in [9.17, 15) is 9.59 Å². The maximum Gasteiger partial charge on any atom is 0.345 e. The number of urea groups is 1. The summed E-state index contributed by atoms with van der Waals surface area (Å²) in [5, 5.41) is 13.8. The first-order valence-corrected chi connectivity index (χ1v) is 9.26. The molecule has 2 N–H and O–H groups in total. The minimum absolute atomic E-state index is 0.0568. The van der Waals surface area contributed by atoms with Crippen LogP contribution in [0.5, 0.6) is 0 Å². The number of aliphatic carboxylic acids is 1. The SMILES string of the molecule is CN=CNOCC(=O)O.Cn1ncc2c1CN1CC2N(OCc2ccccc2)C1=O. The number of hydrogen-bond donors (Lipinski definition) is 2. The number of fused-ring (bicyclic) bond motifs is 4. The Balaban J connectivity index is 0.000000244. The van der Waals surface area contributed by atoms with Gasteiger partial charge < -0.3 is 10.0 Å². The van der Waals surface area contributed by atoms with Crippen LogP contribution in [0, 0.1) is 0 Å². The molecule has 0 saturated carbocycles. The first kappa shape index (κ1) is 21.3. The van der Waals surface area contributed by atoms with Crippen molar-refractivity contribution in [3.8, 4) is 0 Å². The summed E-state index contributed by atoms with van der Waals surface area (Å²) in [6.07, 6.45) is 3.09. The van der Waals surface area contributed by atoms with Crippen LogP contribution >= 0.6 is 0 Å². The Morgan fingerprint density at radius 1 is 1.40 bits per heavy atom. The number of nitrogens with one attached hydrogen (secondary N) is 1. The summed E-state index contributed by atoms with van der Waals surface area (Å²) in [5.41, 5.74) is 5.42. The van der Waals surface area contributed by atoms with Crippen molar-refractivity contribution in [1.29, 1.82) is 0 Å². The second-order valence-electron chi connectivity index (χ2n) is 6.62. The predicted octanol–water partition coefficient (Wildman–Crippen LogP) is 1.09. The third kappa shape index (κ3) is 4.93. The topological polar surface area (TPSA) is 122 Å². The number of nitrogens with zero attached hydrogens (tertiary/aromatic N) is 5. The summed E-state index contributed by atoms with van der Waals surface area (Å²) in [6, 6.07) is 9.75. The Bertz CT molecular complexity index is 900. The summed E-state index contributed by atoms with van der Waals surface area (Å²) < 4.78 is 1.84. The first-order chi connectivity index (χ1) is 14.5. The number of carboxylic acid groups (broad SMARTS) is 1. The highest BCUT2D eigenvalue weighted by Crippen LogP contribution is 2.37. The summed E-state index contributed by atoms with van der Waals surface area (Å²) in [5.74, 6) is -1.02. The minimum Gasteiger partial charge on any atom is -0.479 e. The van der Waals surface area contributed by atoms with E-state index in [4.69, 9.17) is 9.94 Å². The Kier molecular flexibility index (Phi) is 6.99. The minimum atomic E-state index is -1.02. The Hall–Kier alpha value is -3.44. The number of aromatic nitrogens is 2. The van der Waals surface area contributed by atoms with Crippen molar-refractivity contribution in [2.45, 2.75) is 19.2 Å². The fourth-order valence-electron chi connectivity index (χ4n) is 3.18. The highest BCUT2D eigenvalue weighted by Gasteiger charge is 2.45. The van der Waals surface area contributed by atoms with Gasteiger partial charge >= 0.3 is 12.0 Å². The van der Waals surface area contributed by atoms with Crippen LogP contribution < -0.4 is 5.48 Å². The van der Waals surface area contributed by atoms with E-state index in [1.54, 1.807) is 4.90 Å². The monoisotopic (exact) mass is 416 g/mol. The Labute approximate surface area is 173 Å². The second kappa shape index (κ2) is 9.85. The normalized spacial score (nSPS) is 17.0. The van der Waals surface area contributed by atoms with Crippen molar-refractivity contribution in [3.63, 3.8) is 0 Å². The van der Waals surface area contributed by atoms with Crippen LogP contribution in [0.15, 0.2) is 41.5 Å². The molecule has 11 heteroatoms. The number of benzene rings is 1. The number of carboxylic acids is 1. The van der Waals surface area contributed by atoms with E-state index in [0.29, 0.717) is 19.7 Å². The zero-order valence-electron chi connectivity index (χ0n) is 16.8. The van der Waals surface area contributed by atoms with Crippen molar-refractivity contribution in [1.82, 2.24) is 25.2 Å². The number of carbonyl (C=O) groups is 2. The fourth-order valence-corrected chi connectivity index (χ4v) is 3.18. The average Bonchev–Trinajstić information content (AvgIpc) is 3.24. The molecule has 0 spiro atoms. The van der Waals surface area contributed by atoms with Crippen molar-refractivity contribution in [2.24, 2.45) is 12.0 Å². The third-order valence-corrected chi connectivity index (χ3v) is 4.60. The molecule has 30 heavy (non-hydrogen) atoms. The molecule has 2 bridgehead atoms. The largest absolute Gasteiger partial charge is 0.479 e. The van der Waals surface area contributed by atoms with Crippen LogP contribution in [0.4, 0.5) is 4.79 Å². The van der Waals surface area contributed by atoms with E-state index < -0.39 is 5.97 Å². The van der Waals surface area contributed by atoms with Gasteiger partial charge in [-0.1, -0.05) is 30.3 Å². The van der Waals surface area contributed by atoms with Crippen molar-refractivity contribution >= 4 is 18.3 Å². The van der Waals surface area contributed by atoms with Gasteiger partial charge in [-0.15, -0.1) is 0 Å². The maximum absolute atomic E-state index is 12.4. The lowest BCUT2D eigenvalue weighted by Gasteiger charge is -2.22. The molecule has 1 saturated heterocycles. The molecule has 1 aromatic carbocycles. The zero-order chi connectivity index (χ0) is 21.5. The Morgan fingerprint density at radius 3 is 2.87 bits per heavy atom. The van der Waals surface area contributed by atoms with Gasteiger partial charge in [-0.3, -0.25) is 24.8 Å². The molecule has 11 nitrogen and oxygen atoms in total. The molecule has 1 atom stereocenters. The molecule has 3 heterocycles. The van der Waals surface area contributed by atoms with E-state index >= 15 is 0 Å². The van der Waals surface area contributed by atoms with E-state index in [1.807, 2.05) is 48.3 Å². The molecule has 2 aromatic rings. The van der Waals surface area contributed by atoms with Crippen molar-refractivity contribution in [2.75, 3.05) is 20.2 Å². The van der Waals surface area contributed by atoms with Crippen LogP contribution in [0.25, 0.3) is 0 Å². The summed E-state index contributed by atoms with van der Waals surface area (Å²) in [6.45, 7) is 1.30. The standard InChI is InChI=1S/C15H16N4O2.C4H8N2O3/c1-17-13-8-18-9-14(12(13)7-16-17)19(15(18)20)21-10-11-5-3-2-4-6-11;1-5-3-6-9-2-4(7)8/h2-7,14H,8-10H2,1H3;3H,2H2,1H3,(H,5,6)(H,7,8). The number of amides is 2. The lowest BCUT2D eigenvalue weighted by atomic mass is 10.1. The molecule has 4 rings (SSSR count). The molecule has 1 fully saturated rings. The molecule has 2 aliphatic heterocycles. The van der Waals surface area contributed by atoms with E-state index in [1.165, 1.54) is 18.4 Å². The number of carbonyl (C=O) groups excluding carboxylic acids is 1. The van der Waals surface area contributed by atoms with Gasteiger partial charge in [-0.05, 0) is 5.56 Å². The van der Waals surface area contributed by atoms with Crippen LogP contribution in [0.2, 0.25) is 0 Å². The van der Waals surface area contributed by atoms with Gasteiger partial charge in [0.25, 0.3) is 0 Å². The smallest absolute Gasteiger partial charge is 0.345 e. The highest BCUT2D eigenvalue weighted by atomic mass is 16.7. The quantitative estimate of drug-likeness (QED) is 0.300. The molecule has 2 aliphatic rings. The molecule has 0 aliphatic carbocycles. The molecule has 2 amide bonds. The van der Waals surface area contributed by atoms with Gasteiger partial charge in [0, 0.05) is 19.7 Å². The predicted molar refractivity (Wildman–Crippen MR) is 106 cm³/mol. The average molecular weight is 416 g/mol. The highest BCUT2D eigenvalue weighted by molar-refractivity contribution is 5.77. The number of aliphatic imine (C=N–C) groups is 1. The van der Waals surface area contributed by atoms with E-state index in [0.717, 1.165) is 16.8 Å². The lowest BCUT2D eigenvalue weighted by Crippen LogP contribution is -2.30. The van der Waals surface area contributed by atoms with E-state index in [-0.39, 0.29) is 18.7 Å². The zero-order valence-corrected chi connectivity index (χ0v) is 16.8. The summed E-state index contributed by atoms with van der Waals surface area (Å²) >= 11 is 0. The maximum atomic E-state index is 12.4. The van der Waals surface area contributed by atoms with Gasteiger partial charge in [0.2, 0.25) is 0 Å². The van der Waals surface area contributed by atoms with Crippen LogP contribution in [0.3, 0.4) is 0 Å². The number of rotatable bonds is 7. The summed E-state index contributed by atoms with van der Waals surface area (Å²) in [7, 11) is 3.45. The van der Waals surface area contributed by atoms with Gasteiger partial charge in [0.05, 0.1) is 25.0 Å². The van der Waals surface area contributed by atoms with Crippen molar-refractivity contribution < 1.29 is 24.4 Å². The van der Waals surface area contributed by atoms with Gasteiger partial charge in [0.1, 0.15) is 19.0 Å². The van der Waals surface area contributed by atoms with Crippen LogP contribution in [0.1, 0.15) is 22.9 Å². The summed E-state index contributed by atoms with van der Waals surface area (Å²) in [4.78, 5) is 37.5. The lowest BCUT2D eigenvalue weighted by molar-refractivity contribution is -0.143. The number of hydrogen-bond acceptors (Lipinski definition) is 6.